The minimum atomic E-state index is -0.0670. The van der Waals surface area contributed by atoms with Crippen molar-refractivity contribution in [3.05, 3.63) is 94.9 Å². The monoisotopic (exact) mass is 472 g/mol. The Morgan fingerprint density at radius 1 is 0.971 bits per heavy atom. The molecular weight excluding hydrogens is 444 g/mol. The first-order valence-electron chi connectivity index (χ1n) is 11.2. The number of thioether (sulfide) groups is 1. The van der Waals surface area contributed by atoms with Crippen LogP contribution in [0.15, 0.2) is 88.8 Å². The Hall–Kier alpha value is -3.51. The van der Waals surface area contributed by atoms with Crippen LogP contribution < -0.4 is 9.47 Å². The lowest BCUT2D eigenvalue weighted by Gasteiger charge is -2.15. The van der Waals surface area contributed by atoms with Crippen LogP contribution in [0.1, 0.15) is 25.0 Å². The van der Waals surface area contributed by atoms with Gasteiger partial charge < -0.3 is 9.47 Å². The lowest BCUT2D eigenvalue weighted by molar-refractivity contribution is -0.122. The predicted molar refractivity (Wildman–Crippen MR) is 139 cm³/mol. The predicted octanol–water partition coefficient (Wildman–Crippen LogP) is 6.53. The number of amides is 1. The van der Waals surface area contributed by atoms with Crippen molar-refractivity contribution in [2.45, 2.75) is 20.4 Å². The second-order valence-corrected chi connectivity index (χ2v) is 9.34. The molecule has 0 radical (unpaired) electrons. The molecule has 0 atom stereocenters. The van der Waals surface area contributed by atoms with E-state index in [1.54, 1.807) is 12.0 Å². The summed E-state index contributed by atoms with van der Waals surface area (Å²) in [4.78, 5) is 20.5. The van der Waals surface area contributed by atoms with Crippen molar-refractivity contribution < 1.29 is 14.3 Å². The molecular formula is C28H28N2O3S. The van der Waals surface area contributed by atoms with E-state index < -0.39 is 0 Å². The van der Waals surface area contributed by atoms with Crippen LogP contribution in [0.5, 0.6) is 11.5 Å². The van der Waals surface area contributed by atoms with Crippen LogP contribution in [0.3, 0.4) is 0 Å². The molecule has 0 saturated carbocycles. The van der Waals surface area contributed by atoms with E-state index in [-0.39, 0.29) is 5.91 Å². The Bertz CT molecular complexity index is 1190. The molecule has 1 saturated heterocycles. The van der Waals surface area contributed by atoms with Crippen LogP contribution in [-0.4, -0.2) is 29.7 Å². The van der Waals surface area contributed by atoms with E-state index in [9.17, 15) is 4.79 Å². The molecule has 3 aromatic rings. The molecule has 34 heavy (non-hydrogen) atoms. The van der Waals surface area contributed by atoms with Crippen LogP contribution in [0.2, 0.25) is 0 Å². The van der Waals surface area contributed by atoms with Gasteiger partial charge in [-0.05, 0) is 59.1 Å². The summed E-state index contributed by atoms with van der Waals surface area (Å²) in [7, 11) is 1.62. The van der Waals surface area contributed by atoms with Gasteiger partial charge in [-0.1, -0.05) is 68.4 Å². The van der Waals surface area contributed by atoms with E-state index in [0.717, 1.165) is 16.8 Å². The van der Waals surface area contributed by atoms with E-state index >= 15 is 0 Å². The maximum Gasteiger partial charge on any atom is 0.267 e. The van der Waals surface area contributed by atoms with E-state index in [0.29, 0.717) is 40.6 Å². The van der Waals surface area contributed by atoms with Crippen molar-refractivity contribution in [1.29, 1.82) is 0 Å². The first kappa shape index (κ1) is 23.6. The molecule has 1 aliphatic heterocycles. The van der Waals surface area contributed by atoms with Gasteiger partial charge in [-0.15, -0.1) is 0 Å². The number of ether oxygens (including phenoxy) is 2. The van der Waals surface area contributed by atoms with Crippen molar-refractivity contribution in [3.63, 3.8) is 0 Å². The average molecular weight is 473 g/mol. The van der Waals surface area contributed by atoms with Crippen molar-refractivity contribution >= 4 is 34.6 Å². The molecule has 4 rings (SSSR count). The fourth-order valence-electron chi connectivity index (χ4n) is 3.41. The average Bonchev–Trinajstić information content (AvgIpc) is 3.13. The second kappa shape index (κ2) is 11.1. The summed E-state index contributed by atoms with van der Waals surface area (Å²) in [5.41, 5.74) is 2.72. The molecule has 174 valence electrons. The smallest absolute Gasteiger partial charge is 0.267 e. The SMILES string of the molecule is COc1cc(/C=C2/SC(=Nc3ccccc3)N(Cc3ccccc3)C2=O)ccc1OCC(C)C. The first-order valence-corrected chi connectivity index (χ1v) is 12.0. The molecule has 1 aliphatic rings. The number of rotatable bonds is 8. The van der Waals surface area contributed by atoms with Crippen LogP contribution >= 0.6 is 11.8 Å². The Morgan fingerprint density at radius 3 is 2.35 bits per heavy atom. The second-order valence-electron chi connectivity index (χ2n) is 8.33. The topological polar surface area (TPSA) is 51.1 Å². The summed E-state index contributed by atoms with van der Waals surface area (Å²) in [6, 6.07) is 25.4. The van der Waals surface area contributed by atoms with Gasteiger partial charge in [0.05, 0.1) is 30.9 Å². The van der Waals surface area contributed by atoms with Gasteiger partial charge in [0.25, 0.3) is 5.91 Å². The summed E-state index contributed by atoms with van der Waals surface area (Å²) in [6.07, 6.45) is 1.88. The van der Waals surface area contributed by atoms with Crippen LogP contribution in [-0.2, 0) is 11.3 Å². The number of aliphatic imine (C=N–C) groups is 1. The Morgan fingerprint density at radius 2 is 1.68 bits per heavy atom. The van der Waals surface area contributed by atoms with Gasteiger partial charge in [0, 0.05) is 0 Å². The van der Waals surface area contributed by atoms with Gasteiger partial charge in [0.2, 0.25) is 0 Å². The fraction of sp³-hybridized carbons (Fsp3) is 0.214. The van der Waals surface area contributed by atoms with E-state index in [1.165, 1.54) is 11.8 Å². The lowest BCUT2D eigenvalue weighted by Crippen LogP contribution is -2.28. The quantitative estimate of drug-likeness (QED) is 0.350. The number of carbonyl (C=O) groups excluding carboxylic acids is 1. The van der Waals surface area contributed by atoms with E-state index in [4.69, 9.17) is 14.5 Å². The number of para-hydroxylation sites is 1. The first-order chi connectivity index (χ1) is 16.5. The molecule has 1 amide bonds. The summed E-state index contributed by atoms with van der Waals surface area (Å²) in [5.74, 6) is 1.69. The molecule has 1 heterocycles. The molecule has 5 nitrogen and oxygen atoms in total. The van der Waals surface area contributed by atoms with Crippen LogP contribution in [0.4, 0.5) is 5.69 Å². The van der Waals surface area contributed by atoms with Gasteiger partial charge in [-0.25, -0.2) is 4.99 Å². The largest absolute Gasteiger partial charge is 0.493 e. The van der Waals surface area contributed by atoms with Crippen LogP contribution in [0.25, 0.3) is 6.08 Å². The molecule has 0 aliphatic carbocycles. The zero-order chi connectivity index (χ0) is 23.9. The van der Waals surface area contributed by atoms with Gasteiger partial charge in [0.1, 0.15) is 0 Å². The van der Waals surface area contributed by atoms with Crippen molar-refractivity contribution in [2.24, 2.45) is 10.9 Å². The third kappa shape index (κ3) is 5.88. The summed E-state index contributed by atoms with van der Waals surface area (Å²) < 4.78 is 11.4. The highest BCUT2D eigenvalue weighted by Crippen LogP contribution is 2.36. The summed E-state index contributed by atoms with van der Waals surface area (Å²) in [6.45, 7) is 5.27. The maximum atomic E-state index is 13.4. The zero-order valence-corrected chi connectivity index (χ0v) is 20.4. The third-order valence-corrected chi connectivity index (χ3v) is 6.12. The minimum absolute atomic E-state index is 0.0670. The highest BCUT2D eigenvalue weighted by Gasteiger charge is 2.33. The van der Waals surface area contributed by atoms with Gasteiger partial charge in [0.15, 0.2) is 16.7 Å². The number of hydrogen-bond donors (Lipinski definition) is 0. The molecule has 3 aromatic carbocycles. The van der Waals surface area contributed by atoms with Gasteiger partial charge >= 0.3 is 0 Å². The fourth-order valence-corrected chi connectivity index (χ4v) is 4.41. The lowest BCUT2D eigenvalue weighted by atomic mass is 10.1. The molecule has 0 aromatic heterocycles. The standard InChI is InChI=1S/C28H28N2O3S/c1-20(2)19-33-24-15-14-22(16-25(24)32-3)17-26-27(31)30(18-21-10-6-4-7-11-21)28(34-26)29-23-12-8-5-9-13-23/h4-17,20H,18-19H2,1-3H3/b26-17+,29-28?. The molecule has 0 spiro atoms. The summed E-state index contributed by atoms with van der Waals surface area (Å²) >= 11 is 1.38. The number of hydrogen-bond acceptors (Lipinski definition) is 5. The van der Waals surface area contributed by atoms with Crippen LogP contribution in [0, 0.1) is 5.92 Å². The Kier molecular flexibility index (Phi) is 7.70. The molecule has 6 heteroatoms. The van der Waals surface area contributed by atoms with Gasteiger partial charge in [-0.2, -0.15) is 0 Å². The number of amidine groups is 1. The Labute approximate surface area is 205 Å². The van der Waals surface area contributed by atoms with Crippen molar-refractivity contribution in [2.75, 3.05) is 13.7 Å². The van der Waals surface area contributed by atoms with E-state index in [1.807, 2.05) is 84.9 Å². The number of nitrogens with zero attached hydrogens (tertiary/aromatic N) is 2. The molecule has 0 bridgehead atoms. The number of methoxy groups -OCH3 is 1. The normalized spacial score (nSPS) is 16.0. The highest BCUT2D eigenvalue weighted by molar-refractivity contribution is 8.18. The summed E-state index contributed by atoms with van der Waals surface area (Å²) in [5, 5.41) is 0.662. The maximum absolute atomic E-state index is 13.4. The van der Waals surface area contributed by atoms with Crippen molar-refractivity contribution in [3.8, 4) is 11.5 Å². The zero-order valence-electron chi connectivity index (χ0n) is 19.6. The molecule has 1 fully saturated rings. The number of carbonyl (C=O) groups is 1. The van der Waals surface area contributed by atoms with Gasteiger partial charge in [-0.3, -0.25) is 9.69 Å². The molecule has 0 unspecified atom stereocenters. The third-order valence-electron chi connectivity index (χ3n) is 5.11. The Balaban J connectivity index is 1.64. The molecule has 0 N–H and O–H groups in total. The number of benzene rings is 3. The highest BCUT2D eigenvalue weighted by atomic mass is 32.2. The minimum Gasteiger partial charge on any atom is -0.493 e. The van der Waals surface area contributed by atoms with Crippen molar-refractivity contribution in [1.82, 2.24) is 4.90 Å². The van der Waals surface area contributed by atoms with E-state index in [2.05, 4.69) is 13.8 Å².